The third-order valence-electron chi connectivity index (χ3n) is 7.31. The normalized spacial score (nSPS) is 15.7. The van der Waals surface area contributed by atoms with Crippen molar-refractivity contribution in [1.29, 1.82) is 0 Å². The maximum atomic E-state index is 13.7. The summed E-state index contributed by atoms with van der Waals surface area (Å²) in [5.41, 5.74) is 5.95. The highest BCUT2D eigenvalue weighted by atomic mass is 32.1. The van der Waals surface area contributed by atoms with Crippen LogP contribution < -0.4 is 5.32 Å². The van der Waals surface area contributed by atoms with Crippen LogP contribution in [0.3, 0.4) is 0 Å². The zero-order valence-electron chi connectivity index (χ0n) is 22.2. The van der Waals surface area contributed by atoms with Crippen LogP contribution in [0.5, 0.6) is 0 Å². The molecule has 0 saturated carbocycles. The topological polar surface area (TPSA) is 91.7 Å². The van der Waals surface area contributed by atoms with E-state index >= 15 is 0 Å². The Balaban J connectivity index is 1.60. The highest BCUT2D eigenvalue weighted by molar-refractivity contribution is 7.15. The molecule has 1 saturated heterocycles. The predicted molar refractivity (Wildman–Crippen MR) is 148 cm³/mol. The number of rotatable bonds is 4. The van der Waals surface area contributed by atoms with Gasteiger partial charge in [0.15, 0.2) is 0 Å². The molecule has 0 spiro atoms. The molecule has 1 aromatic carbocycles. The van der Waals surface area contributed by atoms with Gasteiger partial charge in [0.1, 0.15) is 10.6 Å². The number of aromatic nitrogens is 1. The number of benzene rings is 1. The summed E-state index contributed by atoms with van der Waals surface area (Å²) in [5.74, 6) is -1.41. The van der Waals surface area contributed by atoms with Crippen molar-refractivity contribution in [2.75, 3.05) is 19.4 Å². The highest BCUT2D eigenvalue weighted by Crippen LogP contribution is 2.39. The quantitative estimate of drug-likeness (QED) is 0.378. The number of urea groups is 1. The molecule has 0 unspecified atom stereocenters. The Hall–Kier alpha value is -3.98. The fourth-order valence-electron chi connectivity index (χ4n) is 5.15. The van der Waals surface area contributed by atoms with E-state index in [4.69, 9.17) is 0 Å². The summed E-state index contributed by atoms with van der Waals surface area (Å²) in [4.78, 5) is 54.5. The van der Waals surface area contributed by atoms with Gasteiger partial charge in [-0.15, -0.1) is 11.3 Å². The number of amides is 5. The maximum Gasteiger partial charge on any atom is 0.333 e. The minimum absolute atomic E-state index is 0.0716. The molecule has 3 aromatic rings. The summed E-state index contributed by atoms with van der Waals surface area (Å²) < 4.78 is 2.04. The third-order valence-corrected chi connectivity index (χ3v) is 8.58. The maximum absolute atomic E-state index is 13.7. The van der Waals surface area contributed by atoms with Crippen molar-refractivity contribution in [2.24, 2.45) is 0 Å². The van der Waals surface area contributed by atoms with Crippen LogP contribution in [-0.4, -0.2) is 52.2 Å². The number of hydrogen-bond acceptors (Lipinski definition) is 5. The number of fused-ring (bicyclic) bond motifs is 1. The molecule has 3 heterocycles. The second-order valence-corrected chi connectivity index (χ2v) is 11.0. The number of thiophene rings is 1. The molecule has 2 aromatic heterocycles. The lowest BCUT2D eigenvalue weighted by Crippen LogP contribution is -2.52. The van der Waals surface area contributed by atoms with Gasteiger partial charge in [-0.3, -0.25) is 24.2 Å². The first-order chi connectivity index (χ1) is 18.1. The Morgan fingerprint density at radius 3 is 2.24 bits per heavy atom. The molecule has 1 N–H and O–H groups in total. The second kappa shape index (κ2) is 9.72. The lowest BCUT2D eigenvalue weighted by Gasteiger charge is -2.28. The summed E-state index contributed by atoms with van der Waals surface area (Å²) >= 11 is 1.63. The number of likely N-dealkylation sites (N-methyl/N-ethyl adjacent to an activating group) is 2. The van der Waals surface area contributed by atoms with Gasteiger partial charge >= 0.3 is 6.03 Å². The summed E-state index contributed by atoms with van der Waals surface area (Å²) in [7, 11) is 2.72. The average molecular weight is 531 g/mol. The Kier molecular flexibility index (Phi) is 6.56. The Labute approximate surface area is 225 Å². The van der Waals surface area contributed by atoms with Crippen LogP contribution in [0, 0.1) is 20.8 Å². The average Bonchev–Trinajstić information content (AvgIpc) is 3.41. The summed E-state index contributed by atoms with van der Waals surface area (Å²) in [6, 6.07) is 8.99. The molecule has 0 bridgehead atoms. The Bertz CT molecular complexity index is 1500. The van der Waals surface area contributed by atoms with Crippen molar-refractivity contribution in [1.82, 2.24) is 14.4 Å². The van der Waals surface area contributed by atoms with Gasteiger partial charge in [-0.05, 0) is 81.9 Å². The largest absolute Gasteiger partial charge is 0.333 e. The molecule has 0 atom stereocenters. The van der Waals surface area contributed by atoms with Crippen LogP contribution in [0.15, 0.2) is 35.9 Å². The van der Waals surface area contributed by atoms with E-state index in [9.17, 15) is 19.2 Å². The number of carbonyl (C=O) groups excluding carboxylic acids is 4. The molecule has 5 amide bonds. The van der Waals surface area contributed by atoms with Gasteiger partial charge in [-0.25, -0.2) is 4.79 Å². The zero-order chi connectivity index (χ0) is 27.3. The number of imide groups is 2. The molecule has 1 aliphatic heterocycles. The Morgan fingerprint density at radius 1 is 0.947 bits per heavy atom. The molecule has 0 radical (unpaired) electrons. The smallest absolute Gasteiger partial charge is 0.322 e. The van der Waals surface area contributed by atoms with Gasteiger partial charge in [-0.1, -0.05) is 17.7 Å². The van der Waals surface area contributed by atoms with Gasteiger partial charge in [0.25, 0.3) is 17.7 Å². The van der Waals surface area contributed by atoms with E-state index in [2.05, 4.69) is 5.32 Å². The van der Waals surface area contributed by atoms with Crippen LogP contribution >= 0.6 is 11.3 Å². The van der Waals surface area contributed by atoms with Crippen LogP contribution in [-0.2, 0) is 22.4 Å². The molecule has 1 fully saturated rings. The van der Waals surface area contributed by atoms with Crippen LogP contribution in [0.4, 0.5) is 10.5 Å². The first kappa shape index (κ1) is 25.7. The van der Waals surface area contributed by atoms with E-state index in [0.717, 1.165) is 68.7 Å². The van der Waals surface area contributed by atoms with Crippen molar-refractivity contribution in [3.8, 4) is 5.00 Å². The standard InChI is InChI=1S/C29H30N4O4S/c1-16-10-12-20(13-11-16)30-25(34)24-21-8-6-7-9-23(21)38-28(24)33-17(2)14-19(18(33)3)15-22-26(35)31(4)29(37)32(5)27(22)36/h10-15H,6-9H2,1-5H3,(H,30,34). The van der Waals surface area contributed by atoms with Crippen molar-refractivity contribution in [3.05, 3.63) is 74.4 Å². The number of anilines is 1. The van der Waals surface area contributed by atoms with Crippen molar-refractivity contribution < 1.29 is 19.2 Å². The minimum atomic E-state index is -0.656. The number of nitrogens with zero attached hydrogens (tertiary/aromatic N) is 3. The minimum Gasteiger partial charge on any atom is -0.322 e. The van der Waals surface area contributed by atoms with Crippen molar-refractivity contribution >= 4 is 46.9 Å². The molecule has 5 rings (SSSR count). The van der Waals surface area contributed by atoms with Gasteiger partial charge in [0, 0.05) is 36.0 Å². The number of carbonyl (C=O) groups is 4. The summed E-state index contributed by atoms with van der Waals surface area (Å²) in [6.07, 6.45) is 5.48. The van der Waals surface area contributed by atoms with Crippen molar-refractivity contribution in [3.63, 3.8) is 0 Å². The van der Waals surface area contributed by atoms with E-state index in [1.54, 1.807) is 17.4 Å². The molecule has 196 valence electrons. The number of nitrogens with one attached hydrogen (secondary N) is 1. The number of barbiturate groups is 1. The van der Waals surface area contributed by atoms with Crippen LogP contribution in [0.25, 0.3) is 11.1 Å². The molecule has 38 heavy (non-hydrogen) atoms. The number of aryl methyl sites for hydroxylation is 3. The molecule has 8 nitrogen and oxygen atoms in total. The van der Waals surface area contributed by atoms with Gasteiger partial charge in [0.05, 0.1) is 5.56 Å². The van der Waals surface area contributed by atoms with E-state index < -0.39 is 17.8 Å². The lowest BCUT2D eigenvalue weighted by atomic mass is 9.95. The molecule has 9 heteroatoms. The van der Waals surface area contributed by atoms with Crippen molar-refractivity contribution in [2.45, 2.75) is 46.5 Å². The Morgan fingerprint density at radius 2 is 1.58 bits per heavy atom. The van der Waals surface area contributed by atoms with E-state index in [1.807, 2.05) is 55.7 Å². The molecular formula is C29H30N4O4S. The second-order valence-electron chi connectivity index (χ2n) is 9.94. The first-order valence-electron chi connectivity index (χ1n) is 12.6. The molecule has 1 aliphatic carbocycles. The molecule has 2 aliphatic rings. The van der Waals surface area contributed by atoms with E-state index in [1.165, 1.54) is 19.0 Å². The molecular weight excluding hydrogens is 500 g/mol. The lowest BCUT2D eigenvalue weighted by molar-refractivity contribution is -0.134. The van der Waals surface area contributed by atoms with E-state index in [0.29, 0.717) is 11.1 Å². The highest BCUT2D eigenvalue weighted by Gasteiger charge is 2.38. The van der Waals surface area contributed by atoms with Gasteiger partial charge in [-0.2, -0.15) is 0 Å². The number of hydrogen-bond donors (Lipinski definition) is 1. The van der Waals surface area contributed by atoms with Crippen LogP contribution in [0.2, 0.25) is 0 Å². The zero-order valence-corrected chi connectivity index (χ0v) is 23.0. The first-order valence-corrected chi connectivity index (χ1v) is 13.4. The SMILES string of the molecule is Cc1ccc(NC(=O)c2c(-n3c(C)cc(C=C4C(=O)N(C)C(=O)N(C)C4=O)c3C)sc3c2CCCC3)cc1. The summed E-state index contributed by atoms with van der Waals surface area (Å²) in [6.45, 7) is 5.86. The fourth-order valence-corrected chi connectivity index (χ4v) is 6.65. The predicted octanol–water partition coefficient (Wildman–Crippen LogP) is 5.03. The monoisotopic (exact) mass is 530 g/mol. The van der Waals surface area contributed by atoms with Crippen LogP contribution in [0.1, 0.15) is 56.2 Å². The third kappa shape index (κ3) is 4.26. The van der Waals surface area contributed by atoms with Gasteiger partial charge < -0.3 is 9.88 Å². The fraction of sp³-hybridized carbons (Fsp3) is 0.310. The van der Waals surface area contributed by atoms with E-state index in [-0.39, 0.29) is 11.5 Å². The van der Waals surface area contributed by atoms with Gasteiger partial charge in [0.2, 0.25) is 0 Å². The summed E-state index contributed by atoms with van der Waals surface area (Å²) in [5, 5.41) is 3.92.